The van der Waals surface area contributed by atoms with Crippen LogP contribution in [0.15, 0.2) is 0 Å². The zero-order chi connectivity index (χ0) is 13.8. The predicted octanol–water partition coefficient (Wildman–Crippen LogP) is 2.16. The number of carbonyl (C=O) groups excluding carboxylic acids is 2. The molecule has 3 unspecified atom stereocenters. The van der Waals surface area contributed by atoms with Gasteiger partial charge in [-0.3, -0.25) is 9.59 Å². The minimum Gasteiger partial charge on any atom is -0.372 e. The average molecular weight is 267 g/mol. The molecule has 4 nitrogen and oxygen atoms in total. The molecule has 0 aromatic rings. The van der Waals surface area contributed by atoms with E-state index in [9.17, 15) is 9.59 Å². The smallest absolute Gasteiger partial charge is 0.251 e. The van der Waals surface area contributed by atoms with E-state index in [1.54, 1.807) is 14.0 Å². The number of hydrogen-bond donors (Lipinski definition) is 0. The number of carbonyl (C=O) groups is 2. The lowest BCUT2D eigenvalue weighted by atomic mass is 9.79. The Kier molecular flexibility index (Phi) is 4.97. The molecule has 0 aromatic carbocycles. The van der Waals surface area contributed by atoms with E-state index in [2.05, 4.69) is 0 Å². The molecular weight excluding hydrogens is 242 g/mol. The summed E-state index contributed by atoms with van der Waals surface area (Å²) in [5, 5.41) is 0. The van der Waals surface area contributed by atoms with Gasteiger partial charge in [-0.2, -0.15) is 0 Å². The fourth-order valence-corrected chi connectivity index (χ4v) is 3.40. The average Bonchev–Trinajstić information content (AvgIpc) is 2.46. The molecule has 108 valence electrons. The second kappa shape index (κ2) is 6.51. The molecule has 19 heavy (non-hydrogen) atoms. The van der Waals surface area contributed by atoms with Crippen LogP contribution in [0.2, 0.25) is 0 Å². The number of likely N-dealkylation sites (tertiary alicyclic amines) is 1. The molecule has 3 atom stereocenters. The van der Waals surface area contributed by atoms with E-state index in [1.807, 2.05) is 4.90 Å². The van der Waals surface area contributed by atoms with Gasteiger partial charge in [-0.1, -0.05) is 6.42 Å². The molecular formula is C15H25NO3. The first-order valence-corrected chi connectivity index (χ1v) is 7.51. The molecule has 1 aliphatic carbocycles. The largest absolute Gasteiger partial charge is 0.372 e. The van der Waals surface area contributed by atoms with E-state index in [0.717, 1.165) is 45.1 Å². The highest BCUT2D eigenvalue weighted by molar-refractivity contribution is 5.85. The van der Waals surface area contributed by atoms with Gasteiger partial charge in [0.25, 0.3) is 5.91 Å². The van der Waals surface area contributed by atoms with Gasteiger partial charge in [0.1, 0.15) is 11.9 Å². The van der Waals surface area contributed by atoms with E-state index in [-0.39, 0.29) is 17.9 Å². The zero-order valence-corrected chi connectivity index (χ0v) is 12.1. The Morgan fingerprint density at radius 1 is 1.26 bits per heavy atom. The Hall–Kier alpha value is -0.900. The van der Waals surface area contributed by atoms with Crippen LogP contribution in [-0.2, 0) is 14.3 Å². The third-order valence-corrected chi connectivity index (χ3v) is 4.60. The van der Waals surface area contributed by atoms with E-state index in [1.165, 1.54) is 0 Å². The lowest BCUT2D eigenvalue weighted by Gasteiger charge is -2.42. The van der Waals surface area contributed by atoms with Crippen molar-refractivity contribution in [2.75, 3.05) is 13.7 Å². The minimum absolute atomic E-state index is 0.0468. The van der Waals surface area contributed by atoms with Crippen molar-refractivity contribution in [1.29, 1.82) is 0 Å². The maximum atomic E-state index is 12.4. The fourth-order valence-electron chi connectivity index (χ4n) is 3.40. The number of hydrogen-bond acceptors (Lipinski definition) is 3. The molecule has 2 aliphatic rings. The molecule has 1 saturated heterocycles. The van der Waals surface area contributed by atoms with Crippen molar-refractivity contribution in [3.05, 3.63) is 0 Å². The van der Waals surface area contributed by atoms with Gasteiger partial charge >= 0.3 is 0 Å². The van der Waals surface area contributed by atoms with Crippen molar-refractivity contribution < 1.29 is 14.3 Å². The van der Waals surface area contributed by atoms with Gasteiger partial charge in [0.05, 0.1) is 0 Å². The summed E-state index contributed by atoms with van der Waals surface area (Å²) < 4.78 is 5.15. The molecule has 0 radical (unpaired) electrons. The number of Topliss-reactive ketones (excluding diaryl/α,β-unsaturated/α-hetero) is 1. The molecule has 0 spiro atoms. The second-order valence-electron chi connectivity index (χ2n) is 5.79. The summed E-state index contributed by atoms with van der Waals surface area (Å²) in [6.07, 6.45) is 6.52. The number of ketones is 1. The van der Waals surface area contributed by atoms with E-state index < -0.39 is 6.10 Å². The molecule has 4 heteroatoms. The van der Waals surface area contributed by atoms with Gasteiger partial charge in [0, 0.05) is 32.0 Å². The molecule has 1 amide bonds. The van der Waals surface area contributed by atoms with Gasteiger partial charge in [0.15, 0.2) is 0 Å². The van der Waals surface area contributed by atoms with Crippen LogP contribution in [0.4, 0.5) is 0 Å². The minimum atomic E-state index is -0.403. The van der Waals surface area contributed by atoms with Crippen LogP contribution in [0.5, 0.6) is 0 Å². The first kappa shape index (κ1) is 14.5. The summed E-state index contributed by atoms with van der Waals surface area (Å²) in [7, 11) is 1.56. The third kappa shape index (κ3) is 3.16. The van der Waals surface area contributed by atoms with Crippen molar-refractivity contribution in [3.63, 3.8) is 0 Å². The number of methoxy groups -OCH3 is 1. The Bertz CT molecular complexity index is 342. The highest BCUT2D eigenvalue weighted by Crippen LogP contribution is 2.32. The molecule has 0 bridgehead atoms. The fraction of sp³-hybridized carbons (Fsp3) is 0.867. The van der Waals surface area contributed by atoms with Crippen molar-refractivity contribution in [2.45, 2.75) is 64.0 Å². The molecule has 0 N–H and O–H groups in total. The van der Waals surface area contributed by atoms with Crippen LogP contribution in [0.25, 0.3) is 0 Å². The maximum absolute atomic E-state index is 12.4. The van der Waals surface area contributed by atoms with Crippen LogP contribution in [0, 0.1) is 5.92 Å². The van der Waals surface area contributed by atoms with Crippen molar-refractivity contribution >= 4 is 11.7 Å². The van der Waals surface area contributed by atoms with Crippen molar-refractivity contribution in [2.24, 2.45) is 5.92 Å². The summed E-state index contributed by atoms with van der Waals surface area (Å²) in [4.78, 5) is 26.4. The van der Waals surface area contributed by atoms with Gasteiger partial charge < -0.3 is 9.64 Å². The summed E-state index contributed by atoms with van der Waals surface area (Å²) >= 11 is 0. The van der Waals surface area contributed by atoms with Crippen molar-refractivity contribution in [1.82, 2.24) is 4.90 Å². The SMILES string of the molecule is COC(C)C(=O)N1CCCCC1C1CCCCC1=O. The van der Waals surface area contributed by atoms with Crippen LogP contribution >= 0.6 is 0 Å². The van der Waals surface area contributed by atoms with Crippen molar-refractivity contribution in [3.8, 4) is 0 Å². The number of amides is 1. The van der Waals surface area contributed by atoms with Gasteiger partial charge in [-0.05, 0) is 39.0 Å². The lowest BCUT2D eigenvalue weighted by Crippen LogP contribution is -2.52. The Balaban J connectivity index is 2.11. The monoisotopic (exact) mass is 267 g/mol. The first-order chi connectivity index (χ1) is 9.15. The van der Waals surface area contributed by atoms with Gasteiger partial charge in [-0.25, -0.2) is 0 Å². The first-order valence-electron chi connectivity index (χ1n) is 7.51. The van der Waals surface area contributed by atoms with Crippen LogP contribution in [0.1, 0.15) is 51.9 Å². The normalized spacial score (nSPS) is 30.2. The molecule has 1 aliphatic heterocycles. The summed E-state index contributed by atoms with van der Waals surface area (Å²) in [5.41, 5.74) is 0. The van der Waals surface area contributed by atoms with E-state index in [0.29, 0.717) is 12.2 Å². The molecule has 2 fully saturated rings. The third-order valence-electron chi connectivity index (χ3n) is 4.60. The van der Waals surface area contributed by atoms with Crippen LogP contribution < -0.4 is 0 Å². The molecule has 1 saturated carbocycles. The number of rotatable bonds is 3. The summed E-state index contributed by atoms with van der Waals surface area (Å²) in [6.45, 7) is 2.57. The van der Waals surface area contributed by atoms with Crippen LogP contribution in [0.3, 0.4) is 0 Å². The van der Waals surface area contributed by atoms with Gasteiger partial charge in [0.2, 0.25) is 0 Å². The zero-order valence-electron chi connectivity index (χ0n) is 12.1. The van der Waals surface area contributed by atoms with Crippen LogP contribution in [-0.4, -0.2) is 42.4 Å². The predicted molar refractivity (Wildman–Crippen MR) is 72.8 cm³/mol. The summed E-state index contributed by atoms with van der Waals surface area (Å²) in [6, 6.07) is 0.117. The topological polar surface area (TPSA) is 46.6 Å². The highest BCUT2D eigenvalue weighted by atomic mass is 16.5. The second-order valence-corrected chi connectivity index (χ2v) is 5.79. The van der Waals surface area contributed by atoms with Gasteiger partial charge in [-0.15, -0.1) is 0 Å². The standard InChI is InChI=1S/C15H25NO3/c1-11(19-2)15(18)16-10-6-5-8-13(16)12-7-3-4-9-14(12)17/h11-13H,3-10H2,1-2H3. The number of ether oxygens (including phenoxy) is 1. The quantitative estimate of drug-likeness (QED) is 0.787. The molecule has 0 aromatic heterocycles. The van der Waals surface area contributed by atoms with E-state index in [4.69, 9.17) is 4.74 Å². The maximum Gasteiger partial charge on any atom is 0.251 e. The molecule has 2 rings (SSSR count). The Morgan fingerprint density at radius 3 is 2.68 bits per heavy atom. The lowest BCUT2D eigenvalue weighted by molar-refractivity contribution is -0.148. The number of nitrogens with zero attached hydrogens (tertiary/aromatic N) is 1. The Morgan fingerprint density at radius 2 is 2.00 bits per heavy atom. The van der Waals surface area contributed by atoms with E-state index >= 15 is 0 Å². The number of piperidine rings is 1. The summed E-state index contributed by atoms with van der Waals surface area (Å²) in [5.74, 6) is 0.480. The Labute approximate surface area is 115 Å². The molecule has 1 heterocycles. The highest BCUT2D eigenvalue weighted by Gasteiger charge is 2.38.